The lowest BCUT2D eigenvalue weighted by atomic mass is 10.2. The lowest BCUT2D eigenvalue weighted by Gasteiger charge is -2.20. The molecule has 0 aliphatic heterocycles. The molecule has 3 aromatic carbocycles. The van der Waals surface area contributed by atoms with Crippen molar-refractivity contribution in [2.45, 2.75) is 0 Å². The molecule has 5 heteroatoms. The minimum absolute atomic E-state index is 0.716. The molecule has 0 unspecified atom stereocenters. The Balaban J connectivity index is 1.35. The fraction of sp³-hybridized carbons (Fsp3) is 0. The first kappa shape index (κ1) is 28.2. The summed E-state index contributed by atoms with van der Waals surface area (Å²) in [5.41, 5.74) is 4.98. The molecule has 0 N–H and O–H groups in total. The van der Waals surface area contributed by atoms with E-state index in [1.807, 2.05) is 109 Å². The van der Waals surface area contributed by atoms with Crippen molar-refractivity contribution in [3.8, 4) is 35.5 Å². The maximum atomic E-state index is 15.2. The van der Waals surface area contributed by atoms with E-state index in [0.29, 0.717) is 15.9 Å². The van der Waals surface area contributed by atoms with Crippen LogP contribution in [0.1, 0.15) is 33.4 Å². The summed E-state index contributed by atoms with van der Waals surface area (Å²) < 4.78 is 15.2. The van der Waals surface area contributed by atoms with Crippen molar-refractivity contribution in [3.63, 3.8) is 0 Å². The molecule has 0 saturated carbocycles. The van der Waals surface area contributed by atoms with Gasteiger partial charge in [0.25, 0.3) is 0 Å². The summed E-state index contributed by atoms with van der Waals surface area (Å²) in [4.78, 5) is 12.3. The second-order valence-corrected chi connectivity index (χ2v) is 12.5. The van der Waals surface area contributed by atoms with E-state index in [1.165, 1.54) is 0 Å². The number of hydrogen-bond donors (Lipinski definition) is 0. The van der Waals surface area contributed by atoms with Crippen LogP contribution in [0.25, 0.3) is 0 Å². The standard InChI is InChI=1S/C39H24N3OP/c43-44(37-19-13-31(14-20-37)7-10-34-4-1-25-40-28-34,38-21-15-32(16-22-38)8-11-35-5-2-26-41-29-35)39-23-17-33(18-24-39)9-12-36-6-3-27-42-30-36/h1-6,13-30H. The van der Waals surface area contributed by atoms with E-state index in [9.17, 15) is 0 Å². The van der Waals surface area contributed by atoms with Gasteiger partial charge in [-0.05, 0) is 109 Å². The molecule has 0 spiro atoms. The van der Waals surface area contributed by atoms with Gasteiger partial charge in [0.1, 0.15) is 0 Å². The SMILES string of the molecule is O=P(c1ccc(C#Cc2cccnc2)cc1)(c1ccc(C#Cc2cccnc2)cc1)c1ccc(C#Cc2cccnc2)cc1. The molecule has 0 aliphatic carbocycles. The van der Waals surface area contributed by atoms with E-state index in [0.717, 1.165) is 33.4 Å². The highest BCUT2D eigenvalue weighted by molar-refractivity contribution is 7.85. The topological polar surface area (TPSA) is 55.7 Å². The van der Waals surface area contributed by atoms with Crippen LogP contribution >= 0.6 is 7.14 Å². The van der Waals surface area contributed by atoms with Crippen LogP contribution in [0.15, 0.2) is 146 Å². The first-order valence-corrected chi connectivity index (χ1v) is 15.6. The Morgan fingerprint density at radius 2 is 0.636 bits per heavy atom. The summed E-state index contributed by atoms with van der Waals surface area (Å²) >= 11 is 0. The van der Waals surface area contributed by atoms with Gasteiger partial charge in [-0.1, -0.05) is 35.5 Å². The van der Waals surface area contributed by atoms with E-state index in [1.54, 1.807) is 37.2 Å². The van der Waals surface area contributed by atoms with Crippen molar-refractivity contribution in [1.82, 2.24) is 15.0 Å². The highest BCUT2D eigenvalue weighted by Crippen LogP contribution is 2.42. The van der Waals surface area contributed by atoms with E-state index >= 15 is 4.57 Å². The van der Waals surface area contributed by atoms with Crippen LogP contribution in [0.3, 0.4) is 0 Å². The van der Waals surface area contributed by atoms with Gasteiger partial charge in [-0.2, -0.15) is 0 Å². The molecule has 0 radical (unpaired) electrons. The van der Waals surface area contributed by atoms with Crippen molar-refractivity contribution in [2.75, 3.05) is 0 Å². The molecule has 44 heavy (non-hydrogen) atoms. The third-order valence-corrected chi connectivity index (χ3v) is 9.81. The Morgan fingerprint density at radius 3 is 0.886 bits per heavy atom. The molecule has 3 heterocycles. The molecule has 0 amide bonds. The van der Waals surface area contributed by atoms with Crippen LogP contribution < -0.4 is 15.9 Å². The summed E-state index contributed by atoms with van der Waals surface area (Å²) in [5.74, 6) is 18.9. The Morgan fingerprint density at radius 1 is 0.364 bits per heavy atom. The smallest absolute Gasteiger partial charge is 0.171 e. The third-order valence-electron chi connectivity index (χ3n) is 6.73. The zero-order valence-electron chi connectivity index (χ0n) is 23.6. The van der Waals surface area contributed by atoms with Gasteiger partial charge in [0.05, 0.1) is 0 Å². The predicted octanol–water partition coefficient (Wildman–Crippen LogP) is 5.71. The van der Waals surface area contributed by atoms with Crippen molar-refractivity contribution >= 4 is 23.1 Å². The first-order chi connectivity index (χ1) is 21.7. The molecule has 0 fully saturated rings. The highest BCUT2D eigenvalue weighted by atomic mass is 31.2. The molecule has 206 valence electrons. The molecule has 0 aliphatic rings. The summed E-state index contributed by atoms with van der Waals surface area (Å²) in [6.45, 7) is 0. The Bertz CT molecular complexity index is 1860. The largest absolute Gasteiger partial charge is 0.309 e. The van der Waals surface area contributed by atoms with E-state index in [-0.39, 0.29) is 0 Å². The molecule has 0 atom stereocenters. The van der Waals surface area contributed by atoms with E-state index in [4.69, 9.17) is 0 Å². The highest BCUT2D eigenvalue weighted by Gasteiger charge is 2.29. The maximum Gasteiger partial charge on any atom is 0.171 e. The van der Waals surface area contributed by atoms with Crippen LogP contribution in [-0.4, -0.2) is 15.0 Å². The first-order valence-electron chi connectivity index (χ1n) is 13.8. The van der Waals surface area contributed by atoms with Crippen molar-refractivity contribution in [2.24, 2.45) is 0 Å². The molecule has 3 aromatic heterocycles. The average Bonchev–Trinajstić information content (AvgIpc) is 3.10. The lowest BCUT2D eigenvalue weighted by Crippen LogP contribution is -2.25. The lowest BCUT2D eigenvalue weighted by molar-refractivity contribution is 0.592. The molecule has 6 aromatic rings. The number of pyridine rings is 3. The van der Waals surface area contributed by atoms with Gasteiger partial charge in [0.15, 0.2) is 7.14 Å². The van der Waals surface area contributed by atoms with Gasteiger partial charge in [0, 0.05) is 86.5 Å². The number of aromatic nitrogens is 3. The zero-order chi connectivity index (χ0) is 30.0. The van der Waals surface area contributed by atoms with Crippen LogP contribution in [0, 0.1) is 35.5 Å². The molecule has 4 nitrogen and oxygen atoms in total. The van der Waals surface area contributed by atoms with Crippen LogP contribution in [0.4, 0.5) is 0 Å². The molecule has 0 bridgehead atoms. The van der Waals surface area contributed by atoms with Gasteiger partial charge in [0.2, 0.25) is 0 Å². The Hall–Kier alpha value is -5.98. The zero-order valence-corrected chi connectivity index (χ0v) is 24.4. The van der Waals surface area contributed by atoms with Crippen LogP contribution in [0.5, 0.6) is 0 Å². The molecular formula is C39H24N3OP. The Labute approximate surface area is 257 Å². The number of rotatable bonds is 3. The van der Waals surface area contributed by atoms with Crippen molar-refractivity contribution in [3.05, 3.63) is 180 Å². The van der Waals surface area contributed by atoms with Crippen molar-refractivity contribution < 1.29 is 4.57 Å². The second-order valence-electron chi connectivity index (χ2n) is 9.72. The summed E-state index contributed by atoms with van der Waals surface area (Å²) in [7, 11) is -3.24. The Kier molecular flexibility index (Phi) is 8.53. The van der Waals surface area contributed by atoms with Gasteiger partial charge >= 0.3 is 0 Å². The average molecular weight is 582 g/mol. The minimum Gasteiger partial charge on any atom is -0.309 e. The van der Waals surface area contributed by atoms with E-state index < -0.39 is 7.14 Å². The third kappa shape index (κ3) is 6.73. The number of nitrogens with zero attached hydrogens (tertiary/aromatic N) is 3. The van der Waals surface area contributed by atoms with Gasteiger partial charge in [-0.25, -0.2) is 0 Å². The van der Waals surface area contributed by atoms with Gasteiger partial charge < -0.3 is 4.57 Å². The maximum absolute atomic E-state index is 15.2. The second kappa shape index (κ2) is 13.3. The molecule has 6 rings (SSSR count). The molecular weight excluding hydrogens is 557 g/mol. The van der Waals surface area contributed by atoms with Gasteiger partial charge in [-0.3, -0.25) is 15.0 Å². The fourth-order valence-corrected chi connectivity index (χ4v) is 7.06. The quantitative estimate of drug-likeness (QED) is 0.199. The minimum atomic E-state index is -3.24. The predicted molar refractivity (Wildman–Crippen MR) is 176 cm³/mol. The monoisotopic (exact) mass is 581 g/mol. The normalized spacial score (nSPS) is 10.3. The summed E-state index contributed by atoms with van der Waals surface area (Å²) in [6.07, 6.45) is 10.3. The van der Waals surface area contributed by atoms with Crippen LogP contribution in [0.2, 0.25) is 0 Å². The van der Waals surface area contributed by atoms with Gasteiger partial charge in [-0.15, -0.1) is 0 Å². The van der Waals surface area contributed by atoms with Crippen LogP contribution in [-0.2, 0) is 4.57 Å². The van der Waals surface area contributed by atoms with Crippen molar-refractivity contribution in [1.29, 1.82) is 0 Å². The molecule has 0 saturated heterocycles. The summed E-state index contributed by atoms with van der Waals surface area (Å²) in [6, 6.07) is 34.2. The van der Waals surface area contributed by atoms with E-state index in [2.05, 4.69) is 50.5 Å². The summed E-state index contributed by atoms with van der Waals surface area (Å²) in [5, 5.41) is 2.15. The number of benzene rings is 3. The number of hydrogen-bond acceptors (Lipinski definition) is 4. The fourth-order valence-electron chi connectivity index (χ4n) is 4.45.